The number of aromatic nitrogens is 1. The summed E-state index contributed by atoms with van der Waals surface area (Å²) in [4.78, 5) is 19.7. The quantitative estimate of drug-likeness (QED) is 0.862. The van der Waals surface area contributed by atoms with Crippen LogP contribution in [0, 0.1) is 0 Å². The molecule has 1 aromatic heterocycles. The minimum absolute atomic E-state index is 0.0806. The fourth-order valence-electron chi connectivity index (χ4n) is 2.25. The van der Waals surface area contributed by atoms with Crippen LogP contribution >= 0.6 is 0 Å². The number of ether oxygens (including phenoxy) is 1. The SMILES string of the molecule is O=C(c1ccc(OCC(F)(F)F)nc1)N1CCN(CCO)CC1. The third-order valence-electron chi connectivity index (χ3n) is 3.44. The van der Waals surface area contributed by atoms with Crippen molar-refractivity contribution in [3.8, 4) is 5.88 Å². The van der Waals surface area contributed by atoms with E-state index in [1.807, 2.05) is 0 Å². The van der Waals surface area contributed by atoms with E-state index in [0.717, 1.165) is 0 Å². The molecule has 1 N–H and O–H groups in total. The van der Waals surface area contributed by atoms with Crippen molar-refractivity contribution in [3.63, 3.8) is 0 Å². The predicted octanol–water partition coefficient (Wildman–Crippen LogP) is 0.773. The van der Waals surface area contributed by atoms with Crippen molar-refractivity contribution in [2.45, 2.75) is 6.18 Å². The van der Waals surface area contributed by atoms with Crippen molar-refractivity contribution in [2.24, 2.45) is 0 Å². The number of hydrogen-bond acceptors (Lipinski definition) is 5. The maximum atomic E-state index is 12.3. The molecule has 0 spiro atoms. The Balaban J connectivity index is 1.88. The summed E-state index contributed by atoms with van der Waals surface area (Å²) in [5.41, 5.74) is 0.306. The maximum Gasteiger partial charge on any atom is 0.422 e. The number of piperazine rings is 1. The zero-order valence-electron chi connectivity index (χ0n) is 12.4. The van der Waals surface area contributed by atoms with Gasteiger partial charge in [-0.1, -0.05) is 0 Å². The highest BCUT2D eigenvalue weighted by Crippen LogP contribution is 2.17. The van der Waals surface area contributed by atoms with Gasteiger partial charge in [-0.15, -0.1) is 0 Å². The zero-order valence-corrected chi connectivity index (χ0v) is 12.4. The number of amides is 1. The molecule has 128 valence electrons. The van der Waals surface area contributed by atoms with Crippen molar-refractivity contribution in [3.05, 3.63) is 23.9 Å². The number of aliphatic hydroxyl groups excluding tert-OH is 1. The van der Waals surface area contributed by atoms with Crippen LogP contribution in [0.4, 0.5) is 13.2 Å². The normalized spacial score (nSPS) is 16.4. The fourth-order valence-corrected chi connectivity index (χ4v) is 2.25. The molecule has 0 aliphatic carbocycles. The van der Waals surface area contributed by atoms with Gasteiger partial charge in [0.05, 0.1) is 12.2 Å². The molecule has 2 rings (SSSR count). The average Bonchev–Trinajstić information content (AvgIpc) is 2.53. The molecular formula is C14H18F3N3O3. The molecule has 9 heteroatoms. The Bertz CT molecular complexity index is 514. The van der Waals surface area contributed by atoms with Gasteiger partial charge in [-0.2, -0.15) is 13.2 Å². The summed E-state index contributed by atoms with van der Waals surface area (Å²) < 4.78 is 40.6. The maximum absolute atomic E-state index is 12.3. The van der Waals surface area contributed by atoms with Gasteiger partial charge in [0, 0.05) is 45.0 Å². The van der Waals surface area contributed by atoms with E-state index in [1.165, 1.54) is 18.3 Å². The average molecular weight is 333 g/mol. The lowest BCUT2D eigenvalue weighted by molar-refractivity contribution is -0.154. The second-order valence-corrected chi connectivity index (χ2v) is 5.15. The number of alkyl halides is 3. The first-order valence-electron chi connectivity index (χ1n) is 7.17. The Morgan fingerprint density at radius 1 is 1.26 bits per heavy atom. The molecule has 1 aromatic rings. The third kappa shape index (κ3) is 5.36. The lowest BCUT2D eigenvalue weighted by atomic mass is 10.2. The number of hydrogen-bond donors (Lipinski definition) is 1. The van der Waals surface area contributed by atoms with Crippen molar-refractivity contribution in [1.29, 1.82) is 0 Å². The number of halogens is 3. The summed E-state index contributed by atoms with van der Waals surface area (Å²) in [7, 11) is 0. The summed E-state index contributed by atoms with van der Waals surface area (Å²) >= 11 is 0. The van der Waals surface area contributed by atoms with Crippen LogP contribution in [0.25, 0.3) is 0 Å². The lowest BCUT2D eigenvalue weighted by Crippen LogP contribution is -2.49. The van der Waals surface area contributed by atoms with Crippen LogP contribution in [0.1, 0.15) is 10.4 Å². The molecule has 1 amide bonds. The highest BCUT2D eigenvalue weighted by Gasteiger charge is 2.28. The molecule has 0 atom stereocenters. The molecule has 2 heterocycles. The Hall–Kier alpha value is -1.87. The summed E-state index contributed by atoms with van der Waals surface area (Å²) in [6.07, 6.45) is -3.21. The lowest BCUT2D eigenvalue weighted by Gasteiger charge is -2.34. The Morgan fingerprint density at radius 3 is 2.48 bits per heavy atom. The van der Waals surface area contributed by atoms with Crippen LogP contribution in [0.2, 0.25) is 0 Å². The van der Waals surface area contributed by atoms with E-state index >= 15 is 0 Å². The fraction of sp³-hybridized carbons (Fsp3) is 0.571. The van der Waals surface area contributed by atoms with E-state index in [9.17, 15) is 18.0 Å². The molecule has 1 aliphatic heterocycles. The number of carbonyl (C=O) groups excluding carboxylic acids is 1. The molecular weight excluding hydrogens is 315 g/mol. The Labute approximate surface area is 131 Å². The monoisotopic (exact) mass is 333 g/mol. The van der Waals surface area contributed by atoms with Gasteiger partial charge in [-0.3, -0.25) is 9.69 Å². The number of aliphatic hydroxyl groups is 1. The summed E-state index contributed by atoms with van der Waals surface area (Å²) in [5.74, 6) is -0.393. The number of nitrogens with zero attached hydrogens (tertiary/aromatic N) is 3. The largest absolute Gasteiger partial charge is 0.468 e. The van der Waals surface area contributed by atoms with Gasteiger partial charge in [0.25, 0.3) is 5.91 Å². The van der Waals surface area contributed by atoms with Crippen LogP contribution in [0.15, 0.2) is 18.3 Å². The van der Waals surface area contributed by atoms with Crippen molar-refractivity contribution in [1.82, 2.24) is 14.8 Å². The summed E-state index contributed by atoms with van der Waals surface area (Å²) in [6, 6.07) is 2.65. The predicted molar refractivity (Wildman–Crippen MR) is 75.2 cm³/mol. The van der Waals surface area contributed by atoms with Gasteiger partial charge in [-0.25, -0.2) is 4.98 Å². The van der Waals surface area contributed by atoms with Crippen molar-refractivity contribution >= 4 is 5.91 Å². The van der Waals surface area contributed by atoms with Crippen LogP contribution < -0.4 is 4.74 Å². The van der Waals surface area contributed by atoms with Gasteiger partial charge >= 0.3 is 6.18 Å². The van der Waals surface area contributed by atoms with E-state index in [4.69, 9.17) is 5.11 Å². The molecule has 1 saturated heterocycles. The molecule has 0 aromatic carbocycles. The van der Waals surface area contributed by atoms with Crippen molar-refractivity contribution < 1.29 is 27.8 Å². The van der Waals surface area contributed by atoms with Gasteiger partial charge in [0.15, 0.2) is 6.61 Å². The molecule has 1 aliphatic rings. The van der Waals surface area contributed by atoms with Gasteiger partial charge in [0.1, 0.15) is 0 Å². The van der Waals surface area contributed by atoms with Gasteiger partial charge < -0.3 is 14.7 Å². The minimum atomic E-state index is -4.43. The standard InChI is InChI=1S/C14H18F3N3O3/c15-14(16,17)10-23-12-2-1-11(9-18-12)13(22)20-5-3-19(4-6-20)7-8-21/h1-2,9,21H,3-8,10H2. The Kier molecular flexibility index (Phi) is 5.78. The topological polar surface area (TPSA) is 65.9 Å². The van der Waals surface area contributed by atoms with Gasteiger partial charge in [0.2, 0.25) is 5.88 Å². The number of rotatable bonds is 5. The number of β-amino-alcohol motifs (C(OH)–C–C–N with tert-alkyl or cyclic N) is 1. The van der Waals surface area contributed by atoms with Crippen LogP contribution in [-0.2, 0) is 0 Å². The van der Waals surface area contributed by atoms with Crippen LogP contribution in [-0.4, -0.2) is 77.9 Å². The second kappa shape index (κ2) is 7.60. The van der Waals surface area contributed by atoms with E-state index in [1.54, 1.807) is 4.90 Å². The molecule has 0 unspecified atom stereocenters. The first-order chi connectivity index (χ1) is 10.9. The summed E-state index contributed by atoms with van der Waals surface area (Å²) in [5, 5.41) is 8.88. The molecule has 0 saturated carbocycles. The molecule has 0 bridgehead atoms. The summed E-state index contributed by atoms with van der Waals surface area (Å²) in [6.45, 7) is 1.65. The Morgan fingerprint density at radius 2 is 1.96 bits per heavy atom. The van der Waals surface area contributed by atoms with E-state index in [2.05, 4.69) is 14.6 Å². The van der Waals surface area contributed by atoms with Crippen LogP contribution in [0.3, 0.4) is 0 Å². The zero-order chi connectivity index (χ0) is 16.9. The molecule has 0 radical (unpaired) electrons. The van der Waals surface area contributed by atoms with E-state index < -0.39 is 12.8 Å². The molecule has 6 nitrogen and oxygen atoms in total. The molecule has 23 heavy (non-hydrogen) atoms. The molecule has 1 fully saturated rings. The second-order valence-electron chi connectivity index (χ2n) is 5.15. The van der Waals surface area contributed by atoms with E-state index in [-0.39, 0.29) is 18.4 Å². The first kappa shape index (κ1) is 17.5. The number of pyridine rings is 1. The third-order valence-corrected chi connectivity index (χ3v) is 3.44. The smallest absolute Gasteiger partial charge is 0.422 e. The minimum Gasteiger partial charge on any atom is -0.468 e. The van der Waals surface area contributed by atoms with Crippen LogP contribution in [0.5, 0.6) is 5.88 Å². The number of carbonyl (C=O) groups is 1. The highest BCUT2D eigenvalue weighted by atomic mass is 19.4. The first-order valence-corrected chi connectivity index (χ1v) is 7.17. The van der Waals surface area contributed by atoms with Crippen molar-refractivity contribution in [2.75, 3.05) is 45.9 Å². The highest BCUT2D eigenvalue weighted by molar-refractivity contribution is 5.94. The van der Waals surface area contributed by atoms with E-state index in [0.29, 0.717) is 38.3 Å². The van der Waals surface area contributed by atoms with Gasteiger partial charge in [-0.05, 0) is 6.07 Å².